The second kappa shape index (κ2) is 31.3. The molecule has 9 fully saturated rings. The van der Waals surface area contributed by atoms with E-state index in [-0.39, 0.29) is 44.6 Å². The van der Waals surface area contributed by atoms with Gasteiger partial charge < -0.3 is 131 Å². The van der Waals surface area contributed by atoms with Crippen LogP contribution in [-0.2, 0) is 90.1 Å². The maximum absolute atomic E-state index is 13.7. The van der Waals surface area contributed by atoms with Gasteiger partial charge in [-0.3, -0.25) is 0 Å². The summed E-state index contributed by atoms with van der Waals surface area (Å²) in [6.45, 7) is 13.7. The number of benzene rings is 1. The zero-order valence-electron chi connectivity index (χ0n) is 59.2. The highest BCUT2D eigenvalue weighted by molar-refractivity contribution is 5.87. The van der Waals surface area contributed by atoms with Crippen molar-refractivity contribution >= 4 is 12.0 Å². The lowest BCUT2D eigenvalue weighted by atomic mass is 9.42. The molecule has 562 valence electrons. The van der Waals surface area contributed by atoms with Crippen molar-refractivity contribution in [2.75, 3.05) is 42.2 Å². The standard InChI is InChI=1S/C71H110O28/c1-34-59(43(82-9)28-51(87-34)92-42-22-23-67(7)41(27-42)21-24-70(80)48(67)32-49(94-50(74)20-19-40-17-15-14-16-18-40)68(8)69(79,39(6)73)25-26-71(68,70)81)95-52-29-44(83-10)60(35(2)88-52)96-53-30-45(84-11)62(37(4)89-53)99-66-58(78)64(86-13)63(38(5)91-66)97-54-31-46(85-12)61(36(3)90-54)98-65-57(77)56(76)55(75)47(33-72)93-65/h14-21,34-39,42-49,51-66,72-73,75-81H,22-33H2,1-13H3/b20-19+/t34-,35-,36-,37-,38-,39+,42+,43+,44+,45-,46-,47-,48-,49-,51+,52+,53+,54+,55+,56+,57-,58-,59-,60-,61-,62-,63-,64+,65+,66+,67+,68-,69-,70+,71-/m1/s1. The van der Waals surface area contributed by atoms with Crippen LogP contribution in [0, 0.1) is 16.7 Å². The number of fused-ring (bicyclic) bond motifs is 5. The minimum absolute atomic E-state index is 0.00682. The van der Waals surface area contributed by atoms with Gasteiger partial charge in [0.2, 0.25) is 0 Å². The SMILES string of the molecule is CO[C@H]1[C@@H](O)[C@H](O[C@@H]2[C@@H](C)O[C@@H](O[C@H]3[C@@H](OC)C[C@H](O[C@H]4[C@@H](OC)C[C@H](O[C@H]5CC[C@@]6(C)C(=CC[C@]7(O)[C@@H]6C[C@@H](OC(=O)/C=C/c6ccccc6)[C@@]6(C)[C@]7(O)CC[C@@]6(O)[C@H](C)O)C5)O[C@@H]4C)O[C@@H]3C)C[C@H]2OC)O[C@H](C)[C@H]1O[C@H]1C[C@@H](OC)[C@H](O[C@@H]2O[C@H](CO)[C@H](O)[C@H](O)[C@H]2O)[C@@H](C)O1. The molecule has 10 aliphatic rings. The Morgan fingerprint density at radius 2 is 1.06 bits per heavy atom. The molecule has 9 N–H and O–H groups in total. The summed E-state index contributed by atoms with van der Waals surface area (Å²) in [5, 5.41) is 103. The summed E-state index contributed by atoms with van der Waals surface area (Å²) in [7, 11) is 7.71. The van der Waals surface area contributed by atoms with Gasteiger partial charge in [0.1, 0.15) is 90.1 Å². The van der Waals surface area contributed by atoms with Crippen molar-refractivity contribution in [1.29, 1.82) is 0 Å². The van der Waals surface area contributed by atoms with Crippen molar-refractivity contribution in [1.82, 2.24) is 0 Å². The maximum Gasteiger partial charge on any atom is 0.331 e. The fraction of sp³-hybridized carbons (Fsp3) is 0.845. The highest BCUT2D eigenvalue weighted by atomic mass is 16.8. The molecule has 99 heavy (non-hydrogen) atoms. The van der Waals surface area contributed by atoms with Gasteiger partial charge >= 0.3 is 5.97 Å². The number of methoxy groups -OCH3 is 5. The number of esters is 1. The van der Waals surface area contributed by atoms with Crippen LogP contribution >= 0.6 is 0 Å². The fourth-order valence-corrected chi connectivity index (χ4v) is 18.4. The minimum atomic E-state index is -1.94. The molecular weight excluding hydrogens is 1300 g/mol. The van der Waals surface area contributed by atoms with Crippen LogP contribution in [0.2, 0.25) is 0 Å². The van der Waals surface area contributed by atoms with E-state index in [9.17, 15) is 50.8 Å². The maximum atomic E-state index is 13.7. The van der Waals surface area contributed by atoms with E-state index in [4.69, 9.17) is 85.3 Å². The average Bonchev–Trinajstić information content (AvgIpc) is 1.58. The molecule has 1 aromatic rings. The van der Waals surface area contributed by atoms with E-state index in [1.807, 2.05) is 57.2 Å². The van der Waals surface area contributed by atoms with E-state index in [0.29, 0.717) is 32.1 Å². The number of hydrogen-bond acceptors (Lipinski definition) is 28. The number of aliphatic hydroxyl groups excluding tert-OH is 6. The predicted molar refractivity (Wildman–Crippen MR) is 345 cm³/mol. The van der Waals surface area contributed by atoms with Crippen LogP contribution in [0.3, 0.4) is 0 Å². The molecule has 3 saturated carbocycles. The highest BCUT2D eigenvalue weighted by Crippen LogP contribution is 2.71. The molecule has 0 spiro atoms. The van der Waals surface area contributed by atoms with Gasteiger partial charge in [-0.1, -0.05) is 55.8 Å². The third-order valence-electron chi connectivity index (χ3n) is 24.2. The molecule has 28 nitrogen and oxygen atoms in total. The Hall–Kier alpha value is -2.87. The third-order valence-corrected chi connectivity index (χ3v) is 24.2. The van der Waals surface area contributed by atoms with Gasteiger partial charge in [-0.25, -0.2) is 4.79 Å². The molecular formula is C71H110O28. The molecule has 0 aromatic heterocycles. The molecule has 35 atom stereocenters. The summed E-state index contributed by atoms with van der Waals surface area (Å²) in [5.41, 5.74) is -5.98. The van der Waals surface area contributed by atoms with Crippen LogP contribution in [0.5, 0.6) is 0 Å². The van der Waals surface area contributed by atoms with Crippen LogP contribution in [0.4, 0.5) is 0 Å². The van der Waals surface area contributed by atoms with E-state index in [2.05, 4.69) is 6.92 Å². The molecule has 1 aromatic carbocycles. The van der Waals surface area contributed by atoms with Crippen molar-refractivity contribution in [2.45, 2.75) is 321 Å². The summed E-state index contributed by atoms with van der Waals surface area (Å²) >= 11 is 0. The van der Waals surface area contributed by atoms with Gasteiger partial charge in [0, 0.05) is 73.2 Å². The summed E-state index contributed by atoms with van der Waals surface area (Å²) in [5.74, 6) is -1.24. The smallest absolute Gasteiger partial charge is 0.331 e. The Balaban J connectivity index is 0.660. The van der Waals surface area contributed by atoms with Crippen molar-refractivity contribution in [3.05, 3.63) is 53.6 Å². The zero-order valence-corrected chi connectivity index (χ0v) is 59.2. The first-order chi connectivity index (χ1) is 47.0. The topological polar surface area (TPSA) is 365 Å². The quantitative estimate of drug-likeness (QED) is 0.0457. The van der Waals surface area contributed by atoms with Gasteiger partial charge in [-0.2, -0.15) is 0 Å². The van der Waals surface area contributed by atoms with Crippen molar-refractivity contribution < 1.29 is 136 Å². The number of ether oxygens (including phenoxy) is 18. The molecule has 0 bridgehead atoms. The summed E-state index contributed by atoms with van der Waals surface area (Å²) in [6, 6.07) is 9.31. The summed E-state index contributed by atoms with van der Waals surface area (Å²) in [4.78, 5) is 13.7. The molecule has 6 heterocycles. The van der Waals surface area contributed by atoms with Gasteiger partial charge in [-0.05, 0) is 104 Å². The Morgan fingerprint density at radius 1 is 0.576 bits per heavy atom. The molecule has 6 aliphatic heterocycles. The van der Waals surface area contributed by atoms with E-state index in [1.165, 1.54) is 27.2 Å². The van der Waals surface area contributed by atoms with E-state index in [0.717, 1.165) is 11.1 Å². The lowest BCUT2D eigenvalue weighted by molar-refractivity contribution is -0.372. The number of aliphatic hydroxyl groups is 9. The highest BCUT2D eigenvalue weighted by Gasteiger charge is 2.81. The predicted octanol–water partition coefficient (Wildman–Crippen LogP) is 2.36. The van der Waals surface area contributed by atoms with Crippen LogP contribution < -0.4 is 0 Å². The molecule has 28 heteroatoms. The third kappa shape index (κ3) is 14.6. The summed E-state index contributed by atoms with van der Waals surface area (Å²) < 4.78 is 113. The lowest BCUT2D eigenvalue weighted by Gasteiger charge is -2.67. The second-order valence-corrected chi connectivity index (χ2v) is 29.6. The van der Waals surface area contributed by atoms with E-state index in [1.54, 1.807) is 48.2 Å². The lowest BCUT2D eigenvalue weighted by Crippen LogP contribution is -2.78. The van der Waals surface area contributed by atoms with Gasteiger partial charge in [-0.15, -0.1) is 0 Å². The van der Waals surface area contributed by atoms with Gasteiger partial charge in [0.15, 0.2) is 37.7 Å². The van der Waals surface area contributed by atoms with Crippen molar-refractivity contribution in [2.24, 2.45) is 16.7 Å². The van der Waals surface area contributed by atoms with Gasteiger partial charge in [0.05, 0.1) is 79.2 Å². The van der Waals surface area contributed by atoms with Gasteiger partial charge in [0.25, 0.3) is 0 Å². The number of hydrogen-bond donors (Lipinski definition) is 9. The molecule has 0 radical (unpaired) electrons. The summed E-state index contributed by atoms with van der Waals surface area (Å²) in [6.07, 6.45) is -17.7. The van der Waals surface area contributed by atoms with E-state index >= 15 is 0 Å². The molecule has 0 unspecified atom stereocenters. The molecule has 4 aliphatic carbocycles. The van der Waals surface area contributed by atoms with Crippen LogP contribution in [0.15, 0.2) is 48.1 Å². The first-order valence-electron chi connectivity index (χ1n) is 35.3. The Morgan fingerprint density at radius 3 is 1.56 bits per heavy atom. The Labute approximate surface area is 579 Å². The zero-order chi connectivity index (χ0) is 71.4. The molecule has 11 rings (SSSR count). The first-order valence-corrected chi connectivity index (χ1v) is 35.3. The number of rotatable bonds is 22. The number of carbonyl (C=O) groups is 1. The largest absolute Gasteiger partial charge is 0.458 e. The Kier molecular flexibility index (Phi) is 24.4. The van der Waals surface area contributed by atoms with Crippen LogP contribution in [0.25, 0.3) is 6.08 Å². The van der Waals surface area contributed by atoms with Crippen LogP contribution in [0.1, 0.15) is 132 Å². The minimum Gasteiger partial charge on any atom is -0.458 e. The fourth-order valence-electron chi connectivity index (χ4n) is 18.4. The van der Waals surface area contributed by atoms with Crippen molar-refractivity contribution in [3.8, 4) is 0 Å². The first kappa shape index (κ1) is 77.2. The average molecular weight is 1410 g/mol. The normalized spacial score (nSPS) is 49.8. The van der Waals surface area contributed by atoms with Crippen LogP contribution in [-0.4, -0.2) is 289 Å². The van der Waals surface area contributed by atoms with Crippen molar-refractivity contribution in [3.63, 3.8) is 0 Å². The monoisotopic (exact) mass is 1410 g/mol. The molecule has 6 saturated heterocycles. The second-order valence-electron chi connectivity index (χ2n) is 29.6. The number of carbonyl (C=O) groups excluding carboxylic acids is 1. The molecule has 0 amide bonds. The van der Waals surface area contributed by atoms with E-state index < -0.39 is 218 Å². The Bertz CT molecular complexity index is 2870.